The van der Waals surface area contributed by atoms with Crippen molar-refractivity contribution in [3.63, 3.8) is 0 Å². The third kappa shape index (κ3) is 10.3. The van der Waals surface area contributed by atoms with E-state index in [-0.39, 0.29) is 51.0 Å². The van der Waals surface area contributed by atoms with Gasteiger partial charge >= 0.3 is 26.2 Å². The van der Waals surface area contributed by atoms with Crippen LogP contribution < -0.4 is 24.8 Å². The Kier molecular flexibility index (Phi) is 18.3. The van der Waals surface area contributed by atoms with E-state index in [0.29, 0.717) is 0 Å². The number of hydrogen-bond donors (Lipinski definition) is 1. The Balaban J connectivity index is 0. The fourth-order valence-electron chi connectivity index (χ4n) is 3.37. The molecule has 0 bridgehead atoms. The van der Waals surface area contributed by atoms with E-state index in [9.17, 15) is 0 Å². The maximum Gasteiger partial charge on any atom is 3.00 e. The maximum absolute atomic E-state index is 8.16. The Morgan fingerprint density at radius 1 is 0.900 bits per heavy atom. The topological polar surface area (TPSA) is 20.2 Å². The number of unbranched alkanes of at least 4 members (excludes halogenated alkanes) is 3. The zero-order valence-corrected chi connectivity index (χ0v) is 23.6. The largest absolute Gasteiger partial charge is 3.00 e. The molecule has 0 aliphatic carbocycles. The second kappa shape index (κ2) is 17.3. The van der Waals surface area contributed by atoms with Gasteiger partial charge in [0.25, 0.3) is 0 Å². The number of hydrogen-bond acceptors (Lipinski definition) is 1. The third-order valence-electron chi connectivity index (χ3n) is 4.80. The molecule has 0 amide bonds. The molecule has 162 valence electrons. The van der Waals surface area contributed by atoms with Gasteiger partial charge < -0.3 is 29.6 Å². The molecule has 3 rings (SSSR count). The predicted molar refractivity (Wildman–Crippen MR) is 122 cm³/mol. The normalized spacial score (nSPS) is 9.80. The van der Waals surface area contributed by atoms with Crippen LogP contribution in [0, 0.1) is 0 Å². The number of rotatable bonds is 7. The molecular weight excluding hydrogens is 506 g/mol. The molecule has 0 saturated carbocycles. The van der Waals surface area contributed by atoms with Crippen molar-refractivity contribution in [1.82, 2.24) is 0 Å². The number of benzene rings is 2. The minimum absolute atomic E-state index is 0. The molecule has 3 aromatic carbocycles. The summed E-state index contributed by atoms with van der Waals surface area (Å²) in [6.07, 6.45) is 7.63. The summed E-state index contributed by atoms with van der Waals surface area (Å²) in [7, 11) is -0.880. The Morgan fingerprint density at radius 3 is 2.10 bits per heavy atom. The molecule has 0 atom stereocenters. The summed E-state index contributed by atoms with van der Waals surface area (Å²) in [5.74, 6) is 0. The van der Waals surface area contributed by atoms with Gasteiger partial charge in [0.2, 0.25) is 0 Å². The molecule has 0 aromatic heterocycles. The van der Waals surface area contributed by atoms with Gasteiger partial charge in [-0.15, -0.1) is 34.5 Å². The van der Waals surface area contributed by atoms with Crippen molar-refractivity contribution in [1.29, 1.82) is 0 Å². The standard InChI is InChI=1S/C23H27.C2H7OSi.2ClH.Zr/c1-3-5-6-7-9-19-16-21-10-8-11-22(23(21)17-19)20-14-12-18(4-2)13-15-20;1-4(2)3;;;/h8,10-17H,3-7,9H2,1-2H3;3H,1-2H3;2*1H;/q-1;;;;+3/p-2. The predicted octanol–water partition coefficient (Wildman–Crippen LogP) is 1.15. The summed E-state index contributed by atoms with van der Waals surface area (Å²) in [6, 6.07) is 20.5. The van der Waals surface area contributed by atoms with E-state index in [4.69, 9.17) is 4.80 Å². The molecule has 0 aliphatic heterocycles. The minimum atomic E-state index is -0.880. The molecule has 0 saturated heterocycles. The Hall–Kier alpha value is -0.310. The van der Waals surface area contributed by atoms with Gasteiger partial charge in [-0.25, -0.2) is 0 Å². The van der Waals surface area contributed by atoms with Gasteiger partial charge in [0, 0.05) is 0 Å². The molecule has 0 heterocycles. The smallest absolute Gasteiger partial charge is 1.00 e. The molecule has 5 heteroatoms. The Morgan fingerprint density at radius 2 is 1.53 bits per heavy atom. The van der Waals surface area contributed by atoms with Crippen LogP contribution in [0.15, 0.2) is 54.6 Å². The van der Waals surface area contributed by atoms with Crippen LogP contribution in [0.25, 0.3) is 21.9 Å². The zero-order valence-electron chi connectivity index (χ0n) is 18.6. The van der Waals surface area contributed by atoms with Crippen LogP contribution in [0.5, 0.6) is 0 Å². The van der Waals surface area contributed by atoms with Crippen LogP contribution in [0.2, 0.25) is 13.1 Å². The van der Waals surface area contributed by atoms with Crippen LogP contribution in [-0.2, 0) is 39.0 Å². The first-order chi connectivity index (χ1) is 13.0. The van der Waals surface area contributed by atoms with Crippen molar-refractivity contribution in [2.75, 3.05) is 0 Å². The van der Waals surface area contributed by atoms with Gasteiger partial charge in [-0.1, -0.05) is 75.4 Å². The maximum atomic E-state index is 8.16. The fourth-order valence-corrected chi connectivity index (χ4v) is 3.37. The number of halogens is 2. The molecule has 30 heavy (non-hydrogen) atoms. The van der Waals surface area contributed by atoms with E-state index in [2.05, 4.69) is 68.4 Å². The molecule has 0 unspecified atom stereocenters. The van der Waals surface area contributed by atoms with Crippen LogP contribution >= 0.6 is 0 Å². The first kappa shape index (κ1) is 31.9. The van der Waals surface area contributed by atoms with Crippen molar-refractivity contribution < 1.29 is 55.8 Å². The molecule has 0 spiro atoms. The summed E-state index contributed by atoms with van der Waals surface area (Å²) in [5.41, 5.74) is 5.59. The third-order valence-corrected chi connectivity index (χ3v) is 4.80. The summed E-state index contributed by atoms with van der Waals surface area (Å²) >= 11 is 0. The van der Waals surface area contributed by atoms with Crippen molar-refractivity contribution in [3.05, 3.63) is 65.7 Å². The van der Waals surface area contributed by atoms with E-state index in [0.717, 1.165) is 6.42 Å². The first-order valence-corrected chi connectivity index (χ1v) is 12.8. The van der Waals surface area contributed by atoms with Crippen molar-refractivity contribution >= 4 is 19.8 Å². The summed E-state index contributed by atoms with van der Waals surface area (Å²) < 4.78 is 0. The molecule has 2 radical (unpaired) electrons. The molecule has 1 nitrogen and oxygen atoms in total. The van der Waals surface area contributed by atoms with Crippen molar-refractivity contribution in [2.24, 2.45) is 0 Å². The summed E-state index contributed by atoms with van der Waals surface area (Å²) in [6.45, 7) is 8.12. The van der Waals surface area contributed by atoms with E-state index in [1.165, 1.54) is 65.1 Å². The number of aryl methyl sites for hydroxylation is 2. The van der Waals surface area contributed by atoms with E-state index in [1.54, 1.807) is 0 Å². The van der Waals surface area contributed by atoms with E-state index in [1.807, 2.05) is 13.1 Å². The quantitative estimate of drug-likeness (QED) is 0.271. The second-order valence-corrected chi connectivity index (χ2v) is 9.37. The number of fused-ring (bicyclic) bond motifs is 1. The van der Waals surface area contributed by atoms with Crippen molar-refractivity contribution in [2.45, 2.75) is 65.5 Å². The SMILES string of the molecule is CCCCCCc1cc2c(-c3ccc(CC)cc3)cccc2[cH-]1.C[Si](C)O.[Cl-].[Cl-].[Zr+3]. The van der Waals surface area contributed by atoms with Gasteiger partial charge in [0.15, 0.2) is 9.04 Å². The first-order valence-electron chi connectivity index (χ1n) is 10.3. The van der Waals surface area contributed by atoms with Gasteiger partial charge in [0.1, 0.15) is 0 Å². The van der Waals surface area contributed by atoms with Crippen molar-refractivity contribution in [3.8, 4) is 11.1 Å². The minimum Gasteiger partial charge on any atom is -1.00 e. The Labute approximate surface area is 216 Å². The van der Waals surface area contributed by atoms with Gasteiger partial charge in [-0.05, 0) is 37.1 Å². The van der Waals surface area contributed by atoms with E-state index >= 15 is 0 Å². The molecular formula is C25H34Cl2OSiZr. The fraction of sp³-hybridized carbons (Fsp3) is 0.400. The zero-order chi connectivity index (χ0) is 19.6. The summed E-state index contributed by atoms with van der Waals surface area (Å²) in [4.78, 5) is 8.16. The molecule has 1 N–H and O–H groups in total. The molecule has 0 fully saturated rings. The van der Waals surface area contributed by atoms with Crippen LogP contribution in [0.3, 0.4) is 0 Å². The average Bonchev–Trinajstić information content (AvgIpc) is 3.08. The van der Waals surface area contributed by atoms with E-state index < -0.39 is 9.04 Å². The second-order valence-electron chi connectivity index (χ2n) is 7.48. The average molecular weight is 541 g/mol. The molecule has 3 aromatic rings. The van der Waals surface area contributed by atoms with Crippen LogP contribution in [-0.4, -0.2) is 13.8 Å². The monoisotopic (exact) mass is 538 g/mol. The Bertz CT molecular complexity index is 813. The van der Waals surface area contributed by atoms with Crippen LogP contribution in [0.4, 0.5) is 0 Å². The van der Waals surface area contributed by atoms with Gasteiger partial charge in [-0.3, -0.25) is 0 Å². The van der Waals surface area contributed by atoms with Crippen LogP contribution in [0.1, 0.15) is 50.7 Å². The van der Waals surface area contributed by atoms with Gasteiger partial charge in [0.05, 0.1) is 0 Å². The summed E-state index contributed by atoms with van der Waals surface area (Å²) in [5, 5.41) is 2.79. The van der Waals surface area contributed by atoms with Gasteiger partial charge in [-0.2, -0.15) is 6.07 Å². The molecule has 0 aliphatic rings.